The molecular formula is C20H22N2O4S. The van der Waals surface area contributed by atoms with Gasteiger partial charge in [0.05, 0.1) is 18.4 Å². The van der Waals surface area contributed by atoms with E-state index in [1.54, 1.807) is 13.2 Å². The minimum Gasteiger partial charge on any atom is -0.495 e. The second-order valence-electron chi connectivity index (χ2n) is 5.87. The fourth-order valence-electron chi connectivity index (χ4n) is 2.90. The number of carbonyl (C=O) groups excluding carboxylic acids is 2. The summed E-state index contributed by atoms with van der Waals surface area (Å²) < 4.78 is 10.7. The summed E-state index contributed by atoms with van der Waals surface area (Å²) in [4.78, 5) is 28.0. The molecule has 27 heavy (non-hydrogen) atoms. The zero-order valence-electron chi connectivity index (χ0n) is 15.4. The van der Waals surface area contributed by atoms with Crippen molar-refractivity contribution in [1.82, 2.24) is 4.90 Å². The largest absolute Gasteiger partial charge is 0.495 e. The average molecular weight is 386 g/mol. The highest BCUT2D eigenvalue weighted by Gasteiger charge is 2.39. The molecule has 2 amide bonds. The Kier molecular flexibility index (Phi) is 6.26. The maximum Gasteiger partial charge on any atom is 0.278 e. The maximum absolute atomic E-state index is 13.0. The standard InChI is InChI=1S/C20H22N2O4S/c1-3-26-12-7-11-22-19(23)17(16-10-6-13-27-16)18(20(22)24)21-14-8-4-5-9-15(14)25-2/h4-6,8-10,13,21H,3,7,11-12H2,1-2H3. The molecule has 1 aliphatic rings. The van der Waals surface area contributed by atoms with Crippen LogP contribution in [0.4, 0.5) is 5.69 Å². The van der Waals surface area contributed by atoms with Gasteiger partial charge in [0.1, 0.15) is 11.4 Å². The summed E-state index contributed by atoms with van der Waals surface area (Å²) in [5, 5.41) is 5.02. The Labute approximate surface area is 162 Å². The lowest BCUT2D eigenvalue weighted by Gasteiger charge is -2.15. The molecule has 7 heteroatoms. The first kappa shape index (κ1) is 19.1. The van der Waals surface area contributed by atoms with Crippen LogP contribution in [0.1, 0.15) is 18.2 Å². The molecule has 1 aromatic heterocycles. The fraction of sp³-hybridized carbons (Fsp3) is 0.300. The first-order valence-electron chi connectivity index (χ1n) is 8.79. The van der Waals surface area contributed by atoms with Crippen LogP contribution in [0.2, 0.25) is 0 Å². The number of nitrogens with one attached hydrogen (secondary N) is 1. The first-order chi connectivity index (χ1) is 13.2. The van der Waals surface area contributed by atoms with Gasteiger partial charge in [-0.2, -0.15) is 0 Å². The number of amides is 2. The lowest BCUT2D eigenvalue weighted by Crippen LogP contribution is -2.34. The molecule has 142 valence electrons. The van der Waals surface area contributed by atoms with Crippen molar-refractivity contribution in [2.24, 2.45) is 0 Å². The van der Waals surface area contributed by atoms with Crippen LogP contribution < -0.4 is 10.1 Å². The SMILES string of the molecule is CCOCCCN1C(=O)C(Nc2ccccc2OC)=C(c2cccs2)C1=O. The van der Waals surface area contributed by atoms with Crippen molar-refractivity contribution in [2.45, 2.75) is 13.3 Å². The third-order valence-corrected chi connectivity index (χ3v) is 5.06. The molecule has 0 aliphatic carbocycles. The van der Waals surface area contributed by atoms with Gasteiger partial charge in [-0.25, -0.2) is 0 Å². The van der Waals surface area contributed by atoms with E-state index in [1.807, 2.05) is 42.6 Å². The molecule has 1 aliphatic heterocycles. The van der Waals surface area contributed by atoms with Crippen LogP contribution in [0.25, 0.3) is 5.57 Å². The molecule has 0 saturated carbocycles. The van der Waals surface area contributed by atoms with Gasteiger partial charge in [0.25, 0.3) is 11.8 Å². The van der Waals surface area contributed by atoms with Crippen molar-refractivity contribution < 1.29 is 19.1 Å². The quantitative estimate of drug-likeness (QED) is 0.529. The molecule has 3 rings (SSSR count). The summed E-state index contributed by atoms with van der Waals surface area (Å²) >= 11 is 1.43. The van der Waals surface area contributed by atoms with Gasteiger partial charge in [-0.15, -0.1) is 11.3 Å². The fourth-order valence-corrected chi connectivity index (χ4v) is 3.66. The topological polar surface area (TPSA) is 67.9 Å². The summed E-state index contributed by atoms with van der Waals surface area (Å²) in [5.41, 5.74) is 1.32. The van der Waals surface area contributed by atoms with E-state index in [-0.39, 0.29) is 17.5 Å². The first-order valence-corrected chi connectivity index (χ1v) is 9.67. The van der Waals surface area contributed by atoms with E-state index < -0.39 is 0 Å². The van der Waals surface area contributed by atoms with Crippen molar-refractivity contribution in [3.8, 4) is 5.75 Å². The van der Waals surface area contributed by atoms with Gasteiger partial charge >= 0.3 is 0 Å². The van der Waals surface area contributed by atoms with Gasteiger partial charge in [0, 0.05) is 24.6 Å². The molecule has 0 radical (unpaired) electrons. The molecule has 0 fully saturated rings. The Hall–Kier alpha value is -2.64. The van der Waals surface area contributed by atoms with Crippen molar-refractivity contribution in [3.05, 3.63) is 52.4 Å². The number of carbonyl (C=O) groups is 2. The Morgan fingerprint density at radius 2 is 1.93 bits per heavy atom. The highest BCUT2D eigenvalue weighted by molar-refractivity contribution is 7.11. The van der Waals surface area contributed by atoms with E-state index in [4.69, 9.17) is 9.47 Å². The third-order valence-electron chi connectivity index (χ3n) is 4.18. The number of methoxy groups -OCH3 is 1. The number of hydrogen-bond acceptors (Lipinski definition) is 6. The van der Waals surface area contributed by atoms with Gasteiger partial charge in [-0.05, 0) is 36.9 Å². The second-order valence-corrected chi connectivity index (χ2v) is 6.81. The van der Waals surface area contributed by atoms with Crippen LogP contribution in [-0.2, 0) is 14.3 Å². The van der Waals surface area contributed by atoms with Crippen molar-refractivity contribution in [2.75, 3.05) is 32.2 Å². The van der Waals surface area contributed by atoms with Crippen LogP contribution in [0.3, 0.4) is 0 Å². The number of imide groups is 1. The normalized spacial score (nSPS) is 14.2. The van der Waals surface area contributed by atoms with Gasteiger partial charge in [-0.1, -0.05) is 18.2 Å². The van der Waals surface area contributed by atoms with E-state index in [9.17, 15) is 9.59 Å². The van der Waals surface area contributed by atoms with E-state index in [1.165, 1.54) is 16.2 Å². The van der Waals surface area contributed by atoms with Crippen molar-refractivity contribution in [1.29, 1.82) is 0 Å². The number of ether oxygens (including phenoxy) is 2. The molecule has 0 spiro atoms. The van der Waals surface area contributed by atoms with Gasteiger partial charge < -0.3 is 14.8 Å². The Morgan fingerprint density at radius 3 is 2.63 bits per heavy atom. The summed E-state index contributed by atoms with van der Waals surface area (Å²) in [6.07, 6.45) is 0.602. The molecule has 1 N–H and O–H groups in total. The number of anilines is 1. The predicted octanol–water partition coefficient (Wildman–Crippen LogP) is 3.38. The highest BCUT2D eigenvalue weighted by Crippen LogP contribution is 2.34. The van der Waals surface area contributed by atoms with Gasteiger partial charge in [-0.3, -0.25) is 14.5 Å². The van der Waals surface area contributed by atoms with Crippen LogP contribution in [-0.4, -0.2) is 43.6 Å². The monoisotopic (exact) mass is 386 g/mol. The maximum atomic E-state index is 13.0. The van der Waals surface area contributed by atoms with Crippen LogP contribution in [0, 0.1) is 0 Å². The third kappa shape index (κ3) is 4.04. The minimum atomic E-state index is -0.328. The molecule has 0 unspecified atom stereocenters. The lowest BCUT2D eigenvalue weighted by atomic mass is 10.2. The molecule has 2 aromatic rings. The molecule has 1 aromatic carbocycles. The van der Waals surface area contributed by atoms with Crippen LogP contribution in [0.15, 0.2) is 47.5 Å². The summed E-state index contributed by atoms with van der Waals surface area (Å²) in [5.74, 6) is -0.00674. The highest BCUT2D eigenvalue weighted by atomic mass is 32.1. The van der Waals surface area contributed by atoms with Crippen LogP contribution >= 0.6 is 11.3 Å². The number of thiophene rings is 1. The van der Waals surface area contributed by atoms with E-state index in [2.05, 4.69) is 5.32 Å². The number of hydrogen-bond donors (Lipinski definition) is 1. The smallest absolute Gasteiger partial charge is 0.278 e. The Morgan fingerprint density at radius 1 is 1.11 bits per heavy atom. The molecule has 0 bridgehead atoms. The van der Waals surface area contributed by atoms with E-state index in [0.717, 1.165) is 4.88 Å². The summed E-state index contributed by atoms with van der Waals surface area (Å²) in [7, 11) is 1.57. The number of para-hydroxylation sites is 2. The average Bonchev–Trinajstić information content (AvgIpc) is 3.28. The van der Waals surface area contributed by atoms with Crippen molar-refractivity contribution in [3.63, 3.8) is 0 Å². The summed E-state index contributed by atoms with van der Waals surface area (Å²) in [6.45, 7) is 3.36. The molecule has 0 saturated heterocycles. The lowest BCUT2D eigenvalue weighted by molar-refractivity contribution is -0.137. The number of rotatable bonds is 9. The van der Waals surface area contributed by atoms with Crippen molar-refractivity contribution >= 4 is 34.4 Å². The number of benzene rings is 1. The second kappa shape index (κ2) is 8.83. The minimum absolute atomic E-state index is 0.281. The van der Waals surface area contributed by atoms with Gasteiger partial charge in [0.2, 0.25) is 0 Å². The van der Waals surface area contributed by atoms with E-state index >= 15 is 0 Å². The molecule has 6 nitrogen and oxygen atoms in total. The summed E-state index contributed by atoms with van der Waals surface area (Å²) in [6, 6.07) is 11.0. The predicted molar refractivity (Wildman–Crippen MR) is 106 cm³/mol. The number of nitrogens with zero attached hydrogens (tertiary/aromatic N) is 1. The molecule has 0 atom stereocenters. The zero-order valence-corrected chi connectivity index (χ0v) is 16.2. The molecule has 2 heterocycles. The van der Waals surface area contributed by atoms with Gasteiger partial charge in [0.15, 0.2) is 0 Å². The Balaban J connectivity index is 1.91. The Bertz CT molecular complexity index is 845. The molecular weight excluding hydrogens is 364 g/mol. The van der Waals surface area contributed by atoms with Crippen LogP contribution in [0.5, 0.6) is 5.75 Å². The zero-order chi connectivity index (χ0) is 19.2. The van der Waals surface area contributed by atoms with E-state index in [0.29, 0.717) is 43.2 Å².